The minimum absolute atomic E-state index is 0.0796. The van der Waals surface area contributed by atoms with Crippen molar-refractivity contribution in [3.63, 3.8) is 0 Å². The summed E-state index contributed by atoms with van der Waals surface area (Å²) in [5, 5.41) is 8.06. The van der Waals surface area contributed by atoms with Crippen LogP contribution < -0.4 is 5.32 Å². The molecule has 28 heavy (non-hydrogen) atoms. The van der Waals surface area contributed by atoms with Gasteiger partial charge in [-0.2, -0.15) is 4.98 Å². The summed E-state index contributed by atoms with van der Waals surface area (Å²) in [4.78, 5) is 23.7. The third-order valence-corrected chi connectivity index (χ3v) is 5.24. The van der Waals surface area contributed by atoms with Gasteiger partial charge in [0.2, 0.25) is 5.89 Å². The highest BCUT2D eigenvalue weighted by molar-refractivity contribution is 6.01. The van der Waals surface area contributed by atoms with Gasteiger partial charge < -0.3 is 14.7 Å². The van der Waals surface area contributed by atoms with E-state index in [4.69, 9.17) is 4.52 Å². The van der Waals surface area contributed by atoms with E-state index in [9.17, 15) is 4.79 Å². The fourth-order valence-corrected chi connectivity index (χ4v) is 3.63. The molecule has 1 N–H and O–H groups in total. The maximum atomic E-state index is 12.9. The fraction of sp³-hybridized carbons (Fsp3) is 0.429. The maximum Gasteiger partial charge on any atom is 0.321 e. The monoisotopic (exact) mass is 379 g/mol. The van der Waals surface area contributed by atoms with Crippen LogP contribution in [0, 0.1) is 6.92 Å². The van der Waals surface area contributed by atoms with Gasteiger partial charge in [-0.05, 0) is 43.5 Å². The van der Waals surface area contributed by atoms with Gasteiger partial charge in [-0.3, -0.25) is 4.98 Å². The van der Waals surface area contributed by atoms with Gasteiger partial charge in [0.25, 0.3) is 0 Å². The largest absolute Gasteiger partial charge is 0.339 e. The van der Waals surface area contributed by atoms with E-state index in [2.05, 4.69) is 20.4 Å². The number of benzene rings is 1. The van der Waals surface area contributed by atoms with Crippen LogP contribution in [0.3, 0.4) is 0 Å². The Kier molecular flexibility index (Phi) is 4.98. The summed E-state index contributed by atoms with van der Waals surface area (Å²) >= 11 is 0. The summed E-state index contributed by atoms with van der Waals surface area (Å²) in [6, 6.07) is 7.68. The van der Waals surface area contributed by atoms with Crippen molar-refractivity contribution in [3.05, 3.63) is 47.7 Å². The number of hydrogen-bond donors (Lipinski definition) is 1. The van der Waals surface area contributed by atoms with E-state index in [0.29, 0.717) is 12.4 Å². The van der Waals surface area contributed by atoms with Crippen LogP contribution in [-0.2, 0) is 0 Å². The van der Waals surface area contributed by atoms with Gasteiger partial charge in [0, 0.05) is 30.6 Å². The van der Waals surface area contributed by atoms with Crippen molar-refractivity contribution >= 4 is 22.6 Å². The van der Waals surface area contributed by atoms with E-state index in [1.807, 2.05) is 49.9 Å². The summed E-state index contributed by atoms with van der Waals surface area (Å²) < 4.78 is 5.45. The molecule has 0 saturated carbocycles. The Morgan fingerprint density at radius 2 is 2.18 bits per heavy atom. The van der Waals surface area contributed by atoms with Crippen LogP contribution in [-0.4, -0.2) is 39.1 Å². The lowest BCUT2D eigenvalue weighted by Crippen LogP contribution is -2.41. The number of carbonyl (C=O) groups is 1. The van der Waals surface area contributed by atoms with E-state index < -0.39 is 0 Å². The zero-order valence-corrected chi connectivity index (χ0v) is 16.5. The van der Waals surface area contributed by atoms with E-state index in [-0.39, 0.29) is 17.9 Å². The van der Waals surface area contributed by atoms with E-state index in [1.165, 1.54) is 0 Å². The van der Waals surface area contributed by atoms with E-state index >= 15 is 0 Å². The standard InChI is InChI=1S/C21H25N5O2/c1-13(2)19-24-20(28-25-19)15-6-5-11-26(12-15)21(27)23-17-9-8-14(3)18-16(17)7-4-10-22-18/h4,7-10,13,15H,5-6,11-12H2,1-3H3,(H,23,27). The Bertz CT molecular complexity index is 997. The number of piperidine rings is 1. The van der Waals surface area contributed by atoms with Crippen LogP contribution in [0.2, 0.25) is 0 Å². The molecule has 146 valence electrons. The fourth-order valence-electron chi connectivity index (χ4n) is 3.63. The number of aromatic nitrogens is 3. The van der Waals surface area contributed by atoms with Crippen molar-refractivity contribution in [2.75, 3.05) is 18.4 Å². The van der Waals surface area contributed by atoms with Crippen LogP contribution in [0.15, 0.2) is 35.0 Å². The van der Waals surface area contributed by atoms with Gasteiger partial charge in [-0.15, -0.1) is 0 Å². The van der Waals surface area contributed by atoms with Gasteiger partial charge in [-0.1, -0.05) is 25.1 Å². The molecule has 1 atom stereocenters. The van der Waals surface area contributed by atoms with Crippen LogP contribution in [0.1, 0.15) is 55.8 Å². The number of rotatable bonds is 3. The van der Waals surface area contributed by atoms with Gasteiger partial charge in [0.15, 0.2) is 5.82 Å². The lowest BCUT2D eigenvalue weighted by atomic mass is 9.98. The molecule has 0 spiro atoms. The number of carbonyl (C=O) groups excluding carboxylic acids is 1. The minimum Gasteiger partial charge on any atom is -0.339 e. The molecule has 7 nitrogen and oxygen atoms in total. The van der Waals surface area contributed by atoms with Crippen molar-refractivity contribution in [1.29, 1.82) is 0 Å². The van der Waals surface area contributed by atoms with Crippen LogP contribution in [0.4, 0.5) is 10.5 Å². The predicted octanol–water partition coefficient (Wildman–Crippen LogP) is 4.46. The van der Waals surface area contributed by atoms with E-state index in [1.54, 1.807) is 6.20 Å². The number of likely N-dealkylation sites (tertiary alicyclic amines) is 1. The molecule has 1 unspecified atom stereocenters. The molecule has 7 heteroatoms. The number of urea groups is 1. The van der Waals surface area contributed by atoms with Crippen molar-refractivity contribution in [3.8, 4) is 0 Å². The number of fused-ring (bicyclic) bond motifs is 1. The zero-order chi connectivity index (χ0) is 19.7. The van der Waals surface area contributed by atoms with Gasteiger partial charge >= 0.3 is 6.03 Å². The van der Waals surface area contributed by atoms with Gasteiger partial charge in [0.05, 0.1) is 17.1 Å². The first-order valence-electron chi connectivity index (χ1n) is 9.76. The third-order valence-electron chi connectivity index (χ3n) is 5.24. The first-order chi connectivity index (χ1) is 13.5. The molecule has 1 aliphatic rings. The maximum absolute atomic E-state index is 12.9. The number of nitrogens with one attached hydrogen (secondary N) is 1. The van der Waals surface area contributed by atoms with Crippen molar-refractivity contribution in [2.24, 2.45) is 0 Å². The Morgan fingerprint density at radius 1 is 1.32 bits per heavy atom. The number of nitrogens with zero attached hydrogens (tertiary/aromatic N) is 4. The molecule has 2 aromatic heterocycles. The molecule has 4 rings (SSSR count). The Morgan fingerprint density at radius 3 is 2.96 bits per heavy atom. The average molecular weight is 379 g/mol. The summed E-state index contributed by atoms with van der Waals surface area (Å²) in [5.74, 6) is 1.65. The average Bonchev–Trinajstić information content (AvgIpc) is 3.21. The molecule has 3 heterocycles. The molecule has 2 amide bonds. The highest BCUT2D eigenvalue weighted by atomic mass is 16.5. The van der Waals surface area contributed by atoms with Gasteiger partial charge in [0.1, 0.15) is 0 Å². The molecule has 0 radical (unpaired) electrons. The van der Waals surface area contributed by atoms with Crippen molar-refractivity contribution < 1.29 is 9.32 Å². The smallest absolute Gasteiger partial charge is 0.321 e. The number of anilines is 1. The molecule has 1 fully saturated rings. The van der Waals surface area contributed by atoms with Gasteiger partial charge in [-0.25, -0.2) is 4.79 Å². The first-order valence-corrected chi connectivity index (χ1v) is 9.76. The number of pyridine rings is 1. The number of aryl methyl sites for hydroxylation is 1. The number of hydrogen-bond acceptors (Lipinski definition) is 5. The Hall–Kier alpha value is -2.96. The summed E-state index contributed by atoms with van der Waals surface area (Å²) in [5.41, 5.74) is 2.77. The number of amides is 2. The lowest BCUT2D eigenvalue weighted by Gasteiger charge is -2.31. The molecule has 0 aliphatic carbocycles. The van der Waals surface area contributed by atoms with E-state index in [0.717, 1.165) is 47.4 Å². The molecule has 1 aliphatic heterocycles. The highest BCUT2D eigenvalue weighted by Gasteiger charge is 2.29. The van der Waals surface area contributed by atoms with Crippen molar-refractivity contribution in [1.82, 2.24) is 20.0 Å². The quantitative estimate of drug-likeness (QED) is 0.726. The molecule has 0 bridgehead atoms. The second-order valence-electron chi connectivity index (χ2n) is 7.69. The molecule has 1 saturated heterocycles. The summed E-state index contributed by atoms with van der Waals surface area (Å²) in [6.45, 7) is 7.39. The highest BCUT2D eigenvalue weighted by Crippen LogP contribution is 2.28. The first kappa shape index (κ1) is 18.4. The second kappa shape index (κ2) is 7.58. The summed E-state index contributed by atoms with van der Waals surface area (Å²) in [7, 11) is 0. The van der Waals surface area contributed by atoms with Crippen LogP contribution in [0.25, 0.3) is 10.9 Å². The third kappa shape index (κ3) is 3.56. The topological polar surface area (TPSA) is 84.2 Å². The van der Waals surface area contributed by atoms with Crippen LogP contribution >= 0.6 is 0 Å². The molecule has 1 aromatic carbocycles. The van der Waals surface area contributed by atoms with Crippen molar-refractivity contribution in [2.45, 2.75) is 45.4 Å². The Labute approximate surface area is 164 Å². The zero-order valence-electron chi connectivity index (χ0n) is 16.5. The van der Waals surface area contributed by atoms with Crippen LogP contribution in [0.5, 0.6) is 0 Å². The molecular weight excluding hydrogens is 354 g/mol. The Balaban J connectivity index is 1.50. The summed E-state index contributed by atoms with van der Waals surface area (Å²) in [6.07, 6.45) is 3.63. The molecule has 3 aromatic rings. The SMILES string of the molecule is Cc1ccc(NC(=O)N2CCCC(c3nc(C(C)C)no3)C2)c2cccnc12. The normalized spacial score (nSPS) is 17.3. The predicted molar refractivity (Wildman–Crippen MR) is 107 cm³/mol. The minimum atomic E-state index is -0.109. The molecular formula is C21H25N5O2. The second-order valence-corrected chi connectivity index (χ2v) is 7.69. The lowest BCUT2D eigenvalue weighted by molar-refractivity contribution is 0.184.